The molecular weight excluding hydrogens is 424 g/mol. The number of aromatic amines is 1. The average Bonchev–Trinajstić information content (AvgIpc) is 3.23. The number of imidazole rings is 1. The van der Waals surface area contributed by atoms with Crippen LogP contribution in [0.25, 0.3) is 0 Å². The first-order valence-corrected chi connectivity index (χ1v) is 10.0. The predicted molar refractivity (Wildman–Crippen MR) is 111 cm³/mol. The molecule has 0 aliphatic carbocycles. The summed E-state index contributed by atoms with van der Waals surface area (Å²) in [5.74, 6) is -5.20. The summed E-state index contributed by atoms with van der Waals surface area (Å²) in [5, 5.41) is 25.0. The SMILES string of the molecule is CCC(C)C(N)C(=O)NC(C)C(=O)NC(Cc1cnc[nH]1)C(=O)NC(CC(=O)O)C(=O)O. The highest BCUT2D eigenvalue weighted by Gasteiger charge is 2.30. The zero-order chi connectivity index (χ0) is 24.4. The number of hydrogen-bond donors (Lipinski definition) is 7. The van der Waals surface area contributed by atoms with Crippen molar-refractivity contribution in [2.24, 2.45) is 11.7 Å². The van der Waals surface area contributed by atoms with E-state index in [1.807, 2.05) is 6.92 Å². The summed E-state index contributed by atoms with van der Waals surface area (Å²) in [5.41, 5.74) is 6.32. The molecule has 13 heteroatoms. The fourth-order valence-electron chi connectivity index (χ4n) is 2.66. The van der Waals surface area contributed by atoms with Crippen molar-refractivity contribution in [1.82, 2.24) is 25.9 Å². The van der Waals surface area contributed by atoms with E-state index in [0.717, 1.165) is 0 Å². The van der Waals surface area contributed by atoms with Gasteiger partial charge in [-0.1, -0.05) is 20.3 Å². The number of amides is 3. The van der Waals surface area contributed by atoms with Crippen LogP contribution < -0.4 is 21.7 Å². The molecule has 0 aromatic carbocycles. The number of nitrogens with two attached hydrogens (primary N) is 1. The topological polar surface area (TPSA) is 217 Å². The standard InChI is InChI=1S/C19H30N6O7/c1-4-9(2)15(20)18(30)23-10(3)16(28)24-12(5-11-7-21-8-22-11)17(29)25-13(19(31)32)6-14(26)27/h7-10,12-13,15H,4-6,20H2,1-3H3,(H,21,22)(H,23,30)(H,24,28)(H,25,29)(H,26,27)(H,31,32). The maximum atomic E-state index is 12.7. The van der Waals surface area contributed by atoms with Gasteiger partial charge in [0.25, 0.3) is 0 Å². The number of carbonyl (C=O) groups excluding carboxylic acids is 3. The van der Waals surface area contributed by atoms with Gasteiger partial charge in [-0.15, -0.1) is 0 Å². The van der Waals surface area contributed by atoms with E-state index in [-0.39, 0.29) is 12.3 Å². The molecule has 1 rings (SSSR count). The molecule has 0 aliphatic rings. The smallest absolute Gasteiger partial charge is 0.326 e. The van der Waals surface area contributed by atoms with Crippen molar-refractivity contribution in [3.8, 4) is 0 Å². The molecule has 0 fully saturated rings. The number of hydrogen-bond acceptors (Lipinski definition) is 7. The van der Waals surface area contributed by atoms with Crippen molar-refractivity contribution < 1.29 is 34.2 Å². The van der Waals surface area contributed by atoms with Crippen LogP contribution in [0, 0.1) is 5.92 Å². The second kappa shape index (κ2) is 12.4. The number of aromatic nitrogens is 2. The molecule has 0 saturated heterocycles. The van der Waals surface area contributed by atoms with Gasteiger partial charge in [-0.25, -0.2) is 9.78 Å². The second-order valence-corrected chi connectivity index (χ2v) is 7.48. The normalized spacial score (nSPS) is 15.5. The van der Waals surface area contributed by atoms with Crippen molar-refractivity contribution in [3.63, 3.8) is 0 Å². The summed E-state index contributed by atoms with van der Waals surface area (Å²) in [6.45, 7) is 5.09. The van der Waals surface area contributed by atoms with Gasteiger partial charge in [0.15, 0.2) is 0 Å². The minimum atomic E-state index is -1.69. The Kier molecular flexibility index (Phi) is 10.3. The molecule has 3 amide bonds. The lowest BCUT2D eigenvalue weighted by Crippen LogP contribution is -2.57. The molecule has 0 spiro atoms. The number of carboxylic acids is 2. The van der Waals surface area contributed by atoms with E-state index in [9.17, 15) is 24.0 Å². The van der Waals surface area contributed by atoms with Gasteiger partial charge in [0.2, 0.25) is 17.7 Å². The first kappa shape index (κ1) is 26.6. The third-order valence-electron chi connectivity index (χ3n) is 4.92. The number of carbonyl (C=O) groups is 5. The van der Waals surface area contributed by atoms with E-state index in [1.165, 1.54) is 19.4 Å². The Labute approximate surface area is 184 Å². The van der Waals surface area contributed by atoms with Crippen molar-refractivity contribution in [3.05, 3.63) is 18.2 Å². The van der Waals surface area contributed by atoms with Crippen LogP contribution in [0.4, 0.5) is 0 Å². The van der Waals surface area contributed by atoms with Crippen molar-refractivity contribution >= 4 is 29.7 Å². The van der Waals surface area contributed by atoms with Gasteiger partial charge in [-0.05, 0) is 12.8 Å². The molecule has 8 N–H and O–H groups in total. The number of H-pyrrole nitrogens is 1. The van der Waals surface area contributed by atoms with E-state index in [2.05, 4.69) is 25.9 Å². The summed E-state index contributed by atoms with van der Waals surface area (Å²) in [4.78, 5) is 66.2. The first-order chi connectivity index (χ1) is 15.0. The molecule has 1 aromatic heterocycles. The van der Waals surface area contributed by atoms with E-state index < -0.39 is 60.2 Å². The van der Waals surface area contributed by atoms with E-state index in [0.29, 0.717) is 12.1 Å². The highest BCUT2D eigenvalue weighted by molar-refractivity contribution is 5.94. The highest BCUT2D eigenvalue weighted by atomic mass is 16.4. The molecule has 5 atom stereocenters. The van der Waals surface area contributed by atoms with Gasteiger partial charge in [0, 0.05) is 18.3 Å². The Bertz CT molecular complexity index is 813. The van der Waals surface area contributed by atoms with Crippen LogP contribution in [-0.4, -0.2) is 74.0 Å². The number of rotatable bonds is 13. The number of aliphatic carboxylic acids is 2. The molecule has 5 unspecified atom stereocenters. The quantitative estimate of drug-likeness (QED) is 0.181. The number of carboxylic acid groups (broad SMARTS) is 2. The zero-order valence-electron chi connectivity index (χ0n) is 18.1. The minimum absolute atomic E-state index is 0.0793. The minimum Gasteiger partial charge on any atom is -0.481 e. The largest absolute Gasteiger partial charge is 0.481 e. The monoisotopic (exact) mass is 454 g/mol. The summed E-state index contributed by atoms with van der Waals surface area (Å²) >= 11 is 0. The van der Waals surface area contributed by atoms with Crippen LogP contribution in [-0.2, 0) is 30.4 Å². The van der Waals surface area contributed by atoms with Gasteiger partial charge in [0.05, 0.1) is 18.8 Å². The third kappa shape index (κ3) is 8.34. The molecule has 0 aliphatic heterocycles. The molecule has 1 aromatic rings. The Morgan fingerprint density at radius 2 is 1.66 bits per heavy atom. The van der Waals surface area contributed by atoms with Crippen LogP contribution in [0.15, 0.2) is 12.5 Å². The van der Waals surface area contributed by atoms with Gasteiger partial charge < -0.3 is 36.9 Å². The van der Waals surface area contributed by atoms with Gasteiger partial charge in [-0.3, -0.25) is 19.2 Å². The summed E-state index contributed by atoms with van der Waals surface area (Å²) in [7, 11) is 0. The average molecular weight is 454 g/mol. The van der Waals surface area contributed by atoms with Crippen molar-refractivity contribution in [1.29, 1.82) is 0 Å². The number of nitrogens with one attached hydrogen (secondary N) is 4. The summed E-state index contributed by atoms with van der Waals surface area (Å²) in [6, 6.07) is -4.80. The summed E-state index contributed by atoms with van der Waals surface area (Å²) < 4.78 is 0. The van der Waals surface area contributed by atoms with Gasteiger partial charge in [0.1, 0.15) is 18.1 Å². The van der Waals surface area contributed by atoms with Crippen LogP contribution in [0.5, 0.6) is 0 Å². The lowest BCUT2D eigenvalue weighted by molar-refractivity contribution is -0.147. The van der Waals surface area contributed by atoms with Crippen molar-refractivity contribution in [2.45, 2.75) is 64.2 Å². The highest BCUT2D eigenvalue weighted by Crippen LogP contribution is 2.06. The zero-order valence-corrected chi connectivity index (χ0v) is 18.1. The Morgan fingerprint density at radius 1 is 1.03 bits per heavy atom. The Balaban J connectivity index is 2.90. The maximum absolute atomic E-state index is 12.7. The first-order valence-electron chi connectivity index (χ1n) is 10.0. The van der Waals surface area contributed by atoms with E-state index in [4.69, 9.17) is 15.9 Å². The predicted octanol–water partition coefficient (Wildman–Crippen LogP) is -1.64. The molecule has 13 nitrogen and oxygen atoms in total. The lowest BCUT2D eigenvalue weighted by atomic mass is 9.99. The fourth-order valence-corrected chi connectivity index (χ4v) is 2.66. The van der Waals surface area contributed by atoms with Crippen LogP contribution >= 0.6 is 0 Å². The lowest BCUT2D eigenvalue weighted by Gasteiger charge is -2.24. The van der Waals surface area contributed by atoms with E-state index in [1.54, 1.807) is 6.92 Å². The third-order valence-corrected chi connectivity index (χ3v) is 4.92. The summed E-state index contributed by atoms with van der Waals surface area (Å²) in [6.07, 6.45) is 2.52. The molecule has 0 radical (unpaired) electrons. The maximum Gasteiger partial charge on any atom is 0.326 e. The molecule has 0 bridgehead atoms. The van der Waals surface area contributed by atoms with Gasteiger partial charge in [-0.2, -0.15) is 0 Å². The second-order valence-electron chi connectivity index (χ2n) is 7.48. The Morgan fingerprint density at radius 3 is 2.16 bits per heavy atom. The van der Waals surface area contributed by atoms with E-state index >= 15 is 0 Å². The fraction of sp³-hybridized carbons (Fsp3) is 0.579. The van der Waals surface area contributed by atoms with Crippen molar-refractivity contribution in [2.75, 3.05) is 0 Å². The molecule has 0 saturated carbocycles. The van der Waals surface area contributed by atoms with Gasteiger partial charge >= 0.3 is 11.9 Å². The molecular formula is C19H30N6O7. The molecule has 1 heterocycles. The Hall–Kier alpha value is -3.48. The molecule has 32 heavy (non-hydrogen) atoms. The van der Waals surface area contributed by atoms with Crippen LogP contribution in [0.1, 0.15) is 39.3 Å². The van der Waals surface area contributed by atoms with Crippen LogP contribution in [0.2, 0.25) is 0 Å². The van der Waals surface area contributed by atoms with Crippen LogP contribution in [0.3, 0.4) is 0 Å². The molecule has 178 valence electrons. The number of nitrogens with zero attached hydrogens (tertiary/aromatic N) is 1.